The van der Waals surface area contributed by atoms with E-state index >= 15 is 0 Å². The van der Waals surface area contributed by atoms with Crippen molar-refractivity contribution in [3.05, 3.63) is 42.0 Å². The van der Waals surface area contributed by atoms with Gasteiger partial charge in [-0.05, 0) is 56.7 Å². The maximum Gasteiger partial charge on any atom is 0.220 e. The van der Waals surface area contributed by atoms with Gasteiger partial charge in [-0.2, -0.15) is 0 Å². The number of likely N-dealkylation sites (tertiary alicyclic amines) is 1. The van der Waals surface area contributed by atoms with E-state index in [1.54, 1.807) is 0 Å². The Bertz CT molecular complexity index is 1070. The van der Waals surface area contributed by atoms with Crippen molar-refractivity contribution in [1.29, 1.82) is 0 Å². The number of piperidine rings is 1. The minimum absolute atomic E-state index is 0.0777. The zero-order chi connectivity index (χ0) is 21.3. The van der Waals surface area contributed by atoms with Crippen molar-refractivity contribution in [3.8, 4) is 28.4 Å². The maximum absolute atomic E-state index is 14.4. The molecule has 0 atom stereocenters. The third kappa shape index (κ3) is 3.88. The number of hydrogen-bond donors (Lipinski definition) is 3. The molecular weight excluding hydrogens is 385 g/mol. The van der Waals surface area contributed by atoms with E-state index in [-0.39, 0.29) is 34.7 Å². The van der Waals surface area contributed by atoms with Crippen molar-refractivity contribution in [1.82, 2.24) is 24.8 Å². The third-order valence-corrected chi connectivity index (χ3v) is 5.53. The first-order valence-corrected chi connectivity index (χ1v) is 9.93. The van der Waals surface area contributed by atoms with E-state index in [1.807, 2.05) is 6.07 Å². The van der Waals surface area contributed by atoms with Gasteiger partial charge in [-0.1, -0.05) is 6.92 Å². The largest absolute Gasteiger partial charge is 0.506 e. The van der Waals surface area contributed by atoms with Gasteiger partial charge in [0.25, 0.3) is 0 Å². The number of nitrogen functional groups attached to an aromatic ring is 2. The first-order valence-electron chi connectivity index (χ1n) is 9.93. The van der Waals surface area contributed by atoms with E-state index in [0.717, 1.165) is 38.2 Å². The Kier molecular flexibility index (Phi) is 5.45. The van der Waals surface area contributed by atoms with E-state index in [2.05, 4.69) is 31.8 Å². The first kappa shape index (κ1) is 20.0. The monoisotopic (exact) mass is 409 g/mol. The molecule has 5 N–H and O–H groups in total. The van der Waals surface area contributed by atoms with Crippen molar-refractivity contribution in [2.45, 2.75) is 25.7 Å². The van der Waals surface area contributed by atoms with Crippen molar-refractivity contribution >= 4 is 11.8 Å². The van der Waals surface area contributed by atoms with Gasteiger partial charge < -0.3 is 21.5 Å². The standard InChI is InChI=1S/C21H24FN7O/c1-2-29-9-6-12(7-10-29)15-11-16(28-21(24)27-15)19-17(30)4-3-14(26-19)13-5-8-25-20(23)18(13)22/h3-5,8,11-12,30H,2,6-7,9-10H2,1H3,(H2,23,25)(H2,24,27,28). The summed E-state index contributed by atoms with van der Waals surface area (Å²) in [5.74, 6) is -0.569. The molecule has 1 aliphatic rings. The minimum atomic E-state index is -0.660. The average molecular weight is 409 g/mol. The van der Waals surface area contributed by atoms with Gasteiger partial charge in [-0.25, -0.2) is 24.3 Å². The van der Waals surface area contributed by atoms with Crippen LogP contribution >= 0.6 is 0 Å². The lowest BCUT2D eigenvalue weighted by Gasteiger charge is -2.30. The number of rotatable bonds is 4. The fourth-order valence-electron chi connectivity index (χ4n) is 3.81. The highest BCUT2D eigenvalue weighted by Crippen LogP contribution is 2.34. The van der Waals surface area contributed by atoms with Gasteiger partial charge in [0.2, 0.25) is 5.95 Å². The molecule has 156 valence electrons. The van der Waals surface area contributed by atoms with Gasteiger partial charge in [0.1, 0.15) is 11.4 Å². The van der Waals surface area contributed by atoms with Gasteiger partial charge in [-0.3, -0.25) is 0 Å². The Balaban J connectivity index is 1.72. The number of aromatic hydroxyl groups is 1. The first-order chi connectivity index (χ1) is 14.5. The van der Waals surface area contributed by atoms with E-state index < -0.39 is 5.82 Å². The van der Waals surface area contributed by atoms with Gasteiger partial charge in [0, 0.05) is 23.4 Å². The predicted molar refractivity (Wildman–Crippen MR) is 113 cm³/mol. The molecule has 0 aromatic carbocycles. The molecule has 4 heterocycles. The lowest BCUT2D eigenvalue weighted by molar-refractivity contribution is 0.221. The number of halogens is 1. The van der Waals surface area contributed by atoms with Crippen LogP contribution in [0.1, 0.15) is 31.4 Å². The molecule has 0 bridgehead atoms. The van der Waals surface area contributed by atoms with Crippen LogP contribution in [0.5, 0.6) is 5.75 Å². The Labute approximate surface area is 173 Å². The molecule has 1 saturated heterocycles. The molecular formula is C21H24FN7O. The fourth-order valence-corrected chi connectivity index (χ4v) is 3.81. The van der Waals surface area contributed by atoms with Crippen LogP contribution in [-0.4, -0.2) is 49.6 Å². The summed E-state index contributed by atoms with van der Waals surface area (Å²) >= 11 is 0. The second kappa shape index (κ2) is 8.19. The minimum Gasteiger partial charge on any atom is -0.506 e. The maximum atomic E-state index is 14.4. The molecule has 1 fully saturated rings. The molecule has 30 heavy (non-hydrogen) atoms. The number of nitrogens with two attached hydrogens (primary N) is 2. The van der Waals surface area contributed by atoms with Gasteiger partial charge in [0.05, 0.1) is 11.4 Å². The lowest BCUT2D eigenvalue weighted by Crippen LogP contribution is -2.32. The molecule has 1 aliphatic heterocycles. The van der Waals surface area contributed by atoms with Crippen molar-refractivity contribution in [2.75, 3.05) is 31.1 Å². The highest BCUT2D eigenvalue weighted by atomic mass is 19.1. The molecule has 0 radical (unpaired) electrons. The molecule has 9 heteroatoms. The number of anilines is 2. The number of pyridine rings is 2. The lowest BCUT2D eigenvalue weighted by atomic mass is 9.92. The summed E-state index contributed by atoms with van der Waals surface area (Å²) in [7, 11) is 0. The van der Waals surface area contributed by atoms with Crippen LogP contribution in [0.25, 0.3) is 22.6 Å². The van der Waals surface area contributed by atoms with Crippen LogP contribution in [0.4, 0.5) is 16.2 Å². The van der Waals surface area contributed by atoms with Crippen LogP contribution in [0.2, 0.25) is 0 Å². The van der Waals surface area contributed by atoms with Crippen molar-refractivity contribution < 1.29 is 9.50 Å². The summed E-state index contributed by atoms with van der Waals surface area (Å²) in [6.07, 6.45) is 3.36. The van der Waals surface area contributed by atoms with E-state index in [0.29, 0.717) is 11.4 Å². The molecule has 0 aliphatic carbocycles. The fraction of sp³-hybridized carbons (Fsp3) is 0.333. The van der Waals surface area contributed by atoms with Gasteiger partial charge in [-0.15, -0.1) is 0 Å². The zero-order valence-electron chi connectivity index (χ0n) is 16.7. The quantitative estimate of drug-likeness (QED) is 0.600. The van der Waals surface area contributed by atoms with Crippen LogP contribution in [0, 0.1) is 5.82 Å². The Morgan fingerprint density at radius 1 is 1.10 bits per heavy atom. The molecule has 3 aromatic rings. The summed E-state index contributed by atoms with van der Waals surface area (Å²) in [6, 6.07) is 6.26. The predicted octanol–water partition coefficient (Wildman–Crippen LogP) is 2.81. The summed E-state index contributed by atoms with van der Waals surface area (Å²) < 4.78 is 14.4. The highest BCUT2D eigenvalue weighted by molar-refractivity contribution is 5.70. The van der Waals surface area contributed by atoms with Gasteiger partial charge >= 0.3 is 0 Å². The highest BCUT2D eigenvalue weighted by Gasteiger charge is 2.23. The smallest absolute Gasteiger partial charge is 0.220 e. The van der Waals surface area contributed by atoms with Crippen molar-refractivity contribution in [2.24, 2.45) is 0 Å². The summed E-state index contributed by atoms with van der Waals surface area (Å²) in [5, 5.41) is 10.4. The van der Waals surface area contributed by atoms with Gasteiger partial charge in [0.15, 0.2) is 11.6 Å². The van der Waals surface area contributed by atoms with Crippen molar-refractivity contribution in [3.63, 3.8) is 0 Å². The van der Waals surface area contributed by atoms with E-state index in [9.17, 15) is 9.50 Å². The molecule has 8 nitrogen and oxygen atoms in total. The second-order valence-corrected chi connectivity index (χ2v) is 7.37. The second-order valence-electron chi connectivity index (χ2n) is 7.37. The molecule has 0 unspecified atom stereocenters. The molecule has 0 spiro atoms. The topological polar surface area (TPSA) is 127 Å². The van der Waals surface area contributed by atoms with Crippen LogP contribution in [0.3, 0.4) is 0 Å². The van der Waals surface area contributed by atoms with Crippen LogP contribution in [-0.2, 0) is 0 Å². The number of nitrogens with zero attached hydrogens (tertiary/aromatic N) is 5. The molecule has 4 rings (SSSR count). The van der Waals surface area contributed by atoms with Crippen LogP contribution in [0.15, 0.2) is 30.5 Å². The van der Waals surface area contributed by atoms with Crippen LogP contribution < -0.4 is 11.5 Å². The van der Waals surface area contributed by atoms with E-state index in [4.69, 9.17) is 11.5 Å². The Morgan fingerprint density at radius 3 is 2.60 bits per heavy atom. The number of hydrogen-bond acceptors (Lipinski definition) is 8. The number of aromatic nitrogens is 4. The SMILES string of the molecule is CCN1CCC(c2cc(-c3nc(-c4ccnc(N)c4F)ccc3O)nc(N)n2)CC1. The summed E-state index contributed by atoms with van der Waals surface area (Å²) in [5.41, 5.74) is 13.5. The summed E-state index contributed by atoms with van der Waals surface area (Å²) in [4.78, 5) is 19.3. The average Bonchev–Trinajstić information content (AvgIpc) is 2.76. The zero-order valence-corrected chi connectivity index (χ0v) is 16.7. The summed E-state index contributed by atoms with van der Waals surface area (Å²) in [6.45, 7) is 5.19. The van der Waals surface area contributed by atoms with E-state index in [1.165, 1.54) is 24.4 Å². The third-order valence-electron chi connectivity index (χ3n) is 5.53. The molecule has 0 saturated carbocycles. The molecule has 0 amide bonds. The Hall–Kier alpha value is -3.33. The molecule has 3 aromatic heterocycles. The normalized spacial score (nSPS) is 15.4. The Morgan fingerprint density at radius 2 is 1.87 bits per heavy atom.